The molecule has 2 aromatic rings. The summed E-state index contributed by atoms with van der Waals surface area (Å²) in [4.78, 5) is 36.4. The molecular formula is C28H36N2O5. The molecule has 0 aliphatic heterocycles. The van der Waals surface area contributed by atoms with Gasteiger partial charge in [0.2, 0.25) is 5.91 Å². The van der Waals surface area contributed by atoms with E-state index in [1.54, 1.807) is 0 Å². The fraction of sp³-hybridized carbons (Fsp3) is 0.464. The lowest BCUT2D eigenvalue weighted by molar-refractivity contribution is -0.137. The number of ether oxygens (including phenoxy) is 1. The predicted octanol–water partition coefficient (Wildman–Crippen LogP) is 5.23. The molecule has 0 saturated heterocycles. The number of carbonyl (C=O) groups is 3. The molecule has 0 aromatic heterocycles. The third-order valence-corrected chi connectivity index (χ3v) is 6.43. The van der Waals surface area contributed by atoms with Gasteiger partial charge in [-0.3, -0.25) is 9.59 Å². The number of hydrogen-bond acceptors (Lipinski definition) is 4. The molecular weight excluding hydrogens is 444 g/mol. The number of carboxylic acid groups (broad SMARTS) is 1. The van der Waals surface area contributed by atoms with E-state index in [0.29, 0.717) is 12.8 Å². The van der Waals surface area contributed by atoms with Gasteiger partial charge in [0.1, 0.15) is 6.61 Å². The van der Waals surface area contributed by atoms with Crippen molar-refractivity contribution in [2.75, 3.05) is 6.61 Å². The van der Waals surface area contributed by atoms with Crippen LogP contribution in [0, 0.1) is 0 Å². The van der Waals surface area contributed by atoms with Crippen molar-refractivity contribution in [1.82, 2.24) is 10.6 Å². The van der Waals surface area contributed by atoms with Crippen molar-refractivity contribution in [2.24, 2.45) is 0 Å². The summed E-state index contributed by atoms with van der Waals surface area (Å²) >= 11 is 0. The highest BCUT2D eigenvalue weighted by atomic mass is 16.5. The molecule has 0 radical (unpaired) electrons. The molecule has 1 unspecified atom stereocenters. The van der Waals surface area contributed by atoms with Crippen LogP contribution in [-0.4, -0.2) is 41.8 Å². The highest BCUT2D eigenvalue weighted by Crippen LogP contribution is 2.44. The molecule has 2 atom stereocenters. The number of alkyl carbamates (subject to hydrolysis) is 1. The van der Waals surface area contributed by atoms with Crippen LogP contribution < -0.4 is 10.6 Å². The third kappa shape index (κ3) is 7.31. The highest BCUT2D eigenvalue weighted by molar-refractivity contribution is 5.80. The normalized spacial score (nSPS) is 13.9. The van der Waals surface area contributed by atoms with Crippen molar-refractivity contribution in [3.63, 3.8) is 0 Å². The topological polar surface area (TPSA) is 105 Å². The van der Waals surface area contributed by atoms with Crippen molar-refractivity contribution in [1.29, 1.82) is 0 Å². The van der Waals surface area contributed by atoms with Crippen molar-refractivity contribution >= 4 is 18.0 Å². The molecule has 0 saturated carbocycles. The lowest BCUT2D eigenvalue weighted by Gasteiger charge is -2.21. The number of unbranched alkanes of at least 4 members (excludes halogenated alkanes) is 1. The highest BCUT2D eigenvalue weighted by Gasteiger charge is 2.29. The van der Waals surface area contributed by atoms with E-state index in [0.717, 1.165) is 41.5 Å². The van der Waals surface area contributed by atoms with Gasteiger partial charge in [0.25, 0.3) is 0 Å². The molecule has 1 aliphatic rings. The summed E-state index contributed by atoms with van der Waals surface area (Å²) < 4.78 is 5.63. The van der Waals surface area contributed by atoms with E-state index < -0.39 is 18.1 Å². The average molecular weight is 481 g/mol. The molecule has 0 spiro atoms. The van der Waals surface area contributed by atoms with Crippen LogP contribution in [0.3, 0.4) is 0 Å². The SMILES string of the molecule is CCCCC(CC(=O)O)NC(=O)C[C@@H](CCC)NC(=O)OCC1c2ccccc2-c2ccccc21. The molecule has 2 aromatic carbocycles. The molecule has 0 heterocycles. The van der Waals surface area contributed by atoms with Crippen molar-refractivity contribution in [3.8, 4) is 11.1 Å². The van der Waals surface area contributed by atoms with Gasteiger partial charge in [-0.05, 0) is 35.1 Å². The van der Waals surface area contributed by atoms with Crippen LogP contribution in [0.5, 0.6) is 0 Å². The number of rotatable bonds is 13. The maximum atomic E-state index is 12.7. The second kappa shape index (κ2) is 12.9. The maximum absolute atomic E-state index is 12.7. The van der Waals surface area contributed by atoms with E-state index in [2.05, 4.69) is 34.9 Å². The van der Waals surface area contributed by atoms with Gasteiger partial charge in [0.05, 0.1) is 6.42 Å². The lowest BCUT2D eigenvalue weighted by Crippen LogP contribution is -2.43. The number of benzene rings is 2. The van der Waals surface area contributed by atoms with Crippen LogP contribution in [0.1, 0.15) is 75.8 Å². The van der Waals surface area contributed by atoms with E-state index in [1.807, 2.05) is 38.1 Å². The molecule has 7 heteroatoms. The Morgan fingerprint density at radius 3 is 2.03 bits per heavy atom. The molecule has 35 heavy (non-hydrogen) atoms. The van der Waals surface area contributed by atoms with Crippen LogP contribution in [0.4, 0.5) is 4.79 Å². The summed E-state index contributed by atoms with van der Waals surface area (Å²) in [6, 6.07) is 15.5. The second-order valence-electron chi connectivity index (χ2n) is 9.16. The van der Waals surface area contributed by atoms with Crippen molar-refractivity contribution in [2.45, 2.75) is 76.8 Å². The van der Waals surface area contributed by atoms with E-state index in [9.17, 15) is 14.4 Å². The van der Waals surface area contributed by atoms with Gasteiger partial charge >= 0.3 is 12.1 Å². The first-order valence-corrected chi connectivity index (χ1v) is 12.6. The van der Waals surface area contributed by atoms with Gasteiger partial charge in [-0.2, -0.15) is 0 Å². The third-order valence-electron chi connectivity index (χ3n) is 6.43. The summed E-state index contributed by atoms with van der Waals surface area (Å²) in [6.45, 7) is 4.22. The van der Waals surface area contributed by atoms with Gasteiger partial charge in [0, 0.05) is 24.4 Å². The second-order valence-corrected chi connectivity index (χ2v) is 9.16. The van der Waals surface area contributed by atoms with E-state index >= 15 is 0 Å². The summed E-state index contributed by atoms with van der Waals surface area (Å²) in [6.07, 6.45) is 3.22. The Morgan fingerprint density at radius 1 is 0.857 bits per heavy atom. The van der Waals surface area contributed by atoms with Crippen LogP contribution >= 0.6 is 0 Å². The monoisotopic (exact) mass is 480 g/mol. The number of carboxylic acids is 1. The first-order chi connectivity index (χ1) is 16.9. The summed E-state index contributed by atoms with van der Waals surface area (Å²) in [7, 11) is 0. The number of hydrogen-bond donors (Lipinski definition) is 3. The molecule has 3 N–H and O–H groups in total. The van der Waals surface area contributed by atoms with Gasteiger partial charge in [0.15, 0.2) is 0 Å². The predicted molar refractivity (Wildman–Crippen MR) is 135 cm³/mol. The molecule has 188 valence electrons. The van der Waals surface area contributed by atoms with E-state index in [-0.39, 0.29) is 37.3 Å². The minimum Gasteiger partial charge on any atom is -0.481 e. The fourth-order valence-corrected chi connectivity index (χ4v) is 4.78. The first-order valence-electron chi connectivity index (χ1n) is 12.6. The number of fused-ring (bicyclic) bond motifs is 3. The Hall–Kier alpha value is -3.35. The van der Waals surface area contributed by atoms with Crippen LogP contribution in [0.2, 0.25) is 0 Å². The minimum atomic E-state index is -0.937. The van der Waals surface area contributed by atoms with Gasteiger partial charge < -0.3 is 20.5 Å². The Morgan fingerprint density at radius 2 is 1.46 bits per heavy atom. The molecule has 0 fully saturated rings. The minimum absolute atomic E-state index is 0.0311. The molecule has 3 rings (SSSR count). The van der Waals surface area contributed by atoms with Gasteiger partial charge in [-0.15, -0.1) is 0 Å². The molecule has 7 nitrogen and oxygen atoms in total. The van der Waals surface area contributed by atoms with Crippen LogP contribution in [-0.2, 0) is 14.3 Å². The zero-order valence-corrected chi connectivity index (χ0v) is 20.6. The summed E-state index contributed by atoms with van der Waals surface area (Å²) in [5, 5.41) is 14.8. The van der Waals surface area contributed by atoms with Gasteiger partial charge in [-0.1, -0.05) is 81.6 Å². The fourth-order valence-electron chi connectivity index (χ4n) is 4.78. The van der Waals surface area contributed by atoms with E-state index in [4.69, 9.17) is 9.84 Å². The molecule has 2 amide bonds. The van der Waals surface area contributed by atoms with Crippen LogP contribution in [0.15, 0.2) is 48.5 Å². The van der Waals surface area contributed by atoms with Gasteiger partial charge in [-0.25, -0.2) is 4.79 Å². The van der Waals surface area contributed by atoms with Crippen LogP contribution in [0.25, 0.3) is 11.1 Å². The average Bonchev–Trinajstić information content (AvgIpc) is 3.14. The summed E-state index contributed by atoms with van der Waals surface area (Å²) in [5.41, 5.74) is 4.61. The zero-order valence-electron chi connectivity index (χ0n) is 20.6. The van der Waals surface area contributed by atoms with Crippen molar-refractivity contribution in [3.05, 3.63) is 59.7 Å². The standard InChI is InChI=1S/C28H36N2O5/c1-3-5-11-20(17-27(32)33)29-26(31)16-19(10-4-2)30-28(34)35-18-25-23-14-8-6-12-21(23)22-13-7-9-15-24(22)25/h6-9,12-15,19-20,25H,3-5,10-11,16-18H2,1-2H3,(H,29,31)(H,30,34)(H,32,33)/t19-,20?/m1/s1. The Balaban J connectivity index is 1.56. The molecule has 0 bridgehead atoms. The quantitative estimate of drug-likeness (QED) is 0.364. The first kappa shape index (κ1) is 26.3. The number of nitrogens with one attached hydrogen (secondary N) is 2. The molecule has 1 aliphatic carbocycles. The zero-order chi connectivity index (χ0) is 25.2. The number of carbonyl (C=O) groups excluding carboxylic acids is 2. The Labute approximate surface area is 207 Å². The Bertz CT molecular complexity index is 976. The summed E-state index contributed by atoms with van der Waals surface area (Å²) in [5.74, 6) is -1.23. The smallest absolute Gasteiger partial charge is 0.407 e. The maximum Gasteiger partial charge on any atom is 0.407 e. The largest absolute Gasteiger partial charge is 0.481 e. The lowest BCUT2D eigenvalue weighted by atomic mass is 9.98. The van der Waals surface area contributed by atoms with E-state index in [1.165, 1.54) is 0 Å². The Kier molecular flexibility index (Phi) is 9.70. The number of aliphatic carboxylic acids is 1. The number of amides is 2. The van der Waals surface area contributed by atoms with Crippen molar-refractivity contribution < 1.29 is 24.2 Å².